The Hall–Kier alpha value is -0.610. The van der Waals surface area contributed by atoms with E-state index in [1.807, 2.05) is 18.7 Å². The van der Waals surface area contributed by atoms with Gasteiger partial charge >= 0.3 is 0 Å². The molecule has 0 aliphatic carbocycles. The fraction of sp³-hybridized carbons (Fsp3) is 0.917. The third-order valence-electron chi connectivity index (χ3n) is 3.36. The number of aliphatic hydroxyl groups is 1. The number of rotatable bonds is 5. The van der Waals surface area contributed by atoms with Gasteiger partial charge in [0.1, 0.15) is 0 Å². The number of carbonyl (C=O) groups is 1. The fourth-order valence-electron chi connectivity index (χ4n) is 2.23. The van der Waals surface area contributed by atoms with Crippen molar-refractivity contribution in [1.29, 1.82) is 0 Å². The molecule has 1 aliphatic heterocycles. The van der Waals surface area contributed by atoms with Crippen molar-refractivity contribution >= 4 is 5.91 Å². The molecule has 1 aliphatic rings. The van der Waals surface area contributed by atoms with Gasteiger partial charge in [-0.2, -0.15) is 0 Å². The van der Waals surface area contributed by atoms with Crippen LogP contribution < -0.4 is 5.73 Å². The zero-order chi connectivity index (χ0) is 12.1. The van der Waals surface area contributed by atoms with Crippen LogP contribution in [0.5, 0.6) is 0 Å². The number of nitrogens with zero attached hydrogens (tertiary/aromatic N) is 1. The van der Waals surface area contributed by atoms with E-state index in [1.54, 1.807) is 0 Å². The molecule has 1 heterocycles. The molecule has 94 valence electrons. The van der Waals surface area contributed by atoms with Gasteiger partial charge in [0.2, 0.25) is 5.91 Å². The topological polar surface area (TPSA) is 66.6 Å². The van der Waals surface area contributed by atoms with Gasteiger partial charge in [-0.1, -0.05) is 13.8 Å². The zero-order valence-electron chi connectivity index (χ0n) is 10.4. The first-order valence-corrected chi connectivity index (χ1v) is 6.24. The zero-order valence-corrected chi connectivity index (χ0v) is 10.4. The van der Waals surface area contributed by atoms with Crippen LogP contribution in [0, 0.1) is 5.92 Å². The Labute approximate surface area is 97.8 Å². The van der Waals surface area contributed by atoms with Crippen LogP contribution in [0.1, 0.15) is 39.5 Å². The van der Waals surface area contributed by atoms with Crippen molar-refractivity contribution in [1.82, 2.24) is 4.90 Å². The van der Waals surface area contributed by atoms with E-state index in [-0.39, 0.29) is 24.5 Å². The summed E-state index contributed by atoms with van der Waals surface area (Å²) in [5.74, 6) is 0.266. The summed E-state index contributed by atoms with van der Waals surface area (Å²) in [6.45, 7) is 4.98. The van der Waals surface area contributed by atoms with Crippen molar-refractivity contribution in [2.45, 2.75) is 51.6 Å². The summed E-state index contributed by atoms with van der Waals surface area (Å²) in [5, 5.41) is 8.82. The van der Waals surface area contributed by atoms with E-state index in [1.165, 1.54) is 0 Å². The third-order valence-corrected chi connectivity index (χ3v) is 3.36. The standard InChI is InChI=1S/C12H24N2O2/c1-9(2)11(13)12(16)14-7-3-5-10(14)6-4-8-15/h9-11,15H,3-8,13H2,1-2H3. The smallest absolute Gasteiger partial charge is 0.239 e. The molecule has 0 saturated carbocycles. The largest absolute Gasteiger partial charge is 0.396 e. The Morgan fingerprint density at radius 1 is 1.56 bits per heavy atom. The van der Waals surface area contributed by atoms with Crippen LogP contribution in [0.3, 0.4) is 0 Å². The number of hydrogen-bond donors (Lipinski definition) is 2. The van der Waals surface area contributed by atoms with Crippen LogP contribution in [0.2, 0.25) is 0 Å². The van der Waals surface area contributed by atoms with Crippen molar-refractivity contribution < 1.29 is 9.90 Å². The molecule has 4 nitrogen and oxygen atoms in total. The van der Waals surface area contributed by atoms with Gasteiger partial charge in [0.25, 0.3) is 0 Å². The minimum Gasteiger partial charge on any atom is -0.396 e. The number of amides is 1. The molecule has 0 bridgehead atoms. The first-order valence-electron chi connectivity index (χ1n) is 6.24. The maximum Gasteiger partial charge on any atom is 0.239 e. The van der Waals surface area contributed by atoms with E-state index in [0.717, 1.165) is 32.2 Å². The van der Waals surface area contributed by atoms with Crippen molar-refractivity contribution in [3.63, 3.8) is 0 Å². The molecular formula is C12H24N2O2. The molecular weight excluding hydrogens is 204 g/mol. The normalized spacial score (nSPS) is 22.8. The summed E-state index contributed by atoms with van der Waals surface area (Å²) in [5.41, 5.74) is 5.89. The Morgan fingerprint density at radius 2 is 2.25 bits per heavy atom. The second-order valence-electron chi connectivity index (χ2n) is 4.96. The van der Waals surface area contributed by atoms with Gasteiger partial charge in [-0.15, -0.1) is 0 Å². The van der Waals surface area contributed by atoms with Gasteiger partial charge in [-0.25, -0.2) is 0 Å². The Bertz CT molecular complexity index is 231. The lowest BCUT2D eigenvalue weighted by Crippen LogP contribution is -2.48. The van der Waals surface area contributed by atoms with E-state index in [4.69, 9.17) is 10.8 Å². The van der Waals surface area contributed by atoms with Gasteiger partial charge in [-0.05, 0) is 31.6 Å². The van der Waals surface area contributed by atoms with Crippen LogP contribution in [-0.4, -0.2) is 41.1 Å². The minimum atomic E-state index is -0.380. The number of aliphatic hydroxyl groups excluding tert-OH is 1. The molecule has 1 rings (SSSR count). The summed E-state index contributed by atoms with van der Waals surface area (Å²) in [4.78, 5) is 14.0. The van der Waals surface area contributed by atoms with E-state index in [9.17, 15) is 4.79 Å². The molecule has 0 aromatic heterocycles. The molecule has 1 amide bonds. The Balaban J connectivity index is 2.53. The quantitative estimate of drug-likeness (QED) is 0.729. The Kier molecular flexibility index (Phi) is 5.22. The second kappa shape index (κ2) is 6.21. The molecule has 0 radical (unpaired) electrons. The van der Waals surface area contributed by atoms with Crippen LogP contribution >= 0.6 is 0 Å². The van der Waals surface area contributed by atoms with Crippen LogP contribution in [0.4, 0.5) is 0 Å². The van der Waals surface area contributed by atoms with Crippen molar-refractivity contribution in [2.75, 3.05) is 13.2 Å². The first-order chi connectivity index (χ1) is 7.57. The molecule has 16 heavy (non-hydrogen) atoms. The molecule has 4 heteroatoms. The monoisotopic (exact) mass is 228 g/mol. The summed E-state index contributed by atoms with van der Waals surface area (Å²) >= 11 is 0. The van der Waals surface area contributed by atoms with E-state index >= 15 is 0 Å². The van der Waals surface area contributed by atoms with E-state index < -0.39 is 0 Å². The number of carbonyl (C=O) groups excluding carboxylic acids is 1. The highest BCUT2D eigenvalue weighted by Crippen LogP contribution is 2.22. The Morgan fingerprint density at radius 3 is 2.81 bits per heavy atom. The van der Waals surface area contributed by atoms with Crippen molar-refractivity contribution in [3.8, 4) is 0 Å². The highest BCUT2D eigenvalue weighted by atomic mass is 16.3. The molecule has 0 aromatic rings. The third kappa shape index (κ3) is 3.19. The van der Waals surface area contributed by atoms with E-state index in [0.29, 0.717) is 6.04 Å². The minimum absolute atomic E-state index is 0.0791. The summed E-state index contributed by atoms with van der Waals surface area (Å²) in [6.07, 6.45) is 3.78. The highest BCUT2D eigenvalue weighted by Gasteiger charge is 2.32. The lowest BCUT2D eigenvalue weighted by Gasteiger charge is -2.28. The van der Waals surface area contributed by atoms with Gasteiger partial charge in [0, 0.05) is 19.2 Å². The van der Waals surface area contributed by atoms with Gasteiger partial charge < -0.3 is 15.7 Å². The van der Waals surface area contributed by atoms with Crippen LogP contribution in [0.15, 0.2) is 0 Å². The number of hydrogen-bond acceptors (Lipinski definition) is 3. The van der Waals surface area contributed by atoms with Crippen LogP contribution in [-0.2, 0) is 4.79 Å². The molecule has 1 saturated heterocycles. The van der Waals surface area contributed by atoms with Crippen molar-refractivity contribution in [3.05, 3.63) is 0 Å². The van der Waals surface area contributed by atoms with E-state index in [2.05, 4.69) is 0 Å². The predicted molar refractivity (Wildman–Crippen MR) is 63.9 cm³/mol. The predicted octanol–water partition coefficient (Wildman–Crippen LogP) is 0.733. The molecule has 0 aromatic carbocycles. The molecule has 0 spiro atoms. The SMILES string of the molecule is CC(C)C(N)C(=O)N1CCCC1CCCO. The molecule has 2 atom stereocenters. The van der Waals surface area contributed by atoms with Gasteiger partial charge in [-0.3, -0.25) is 4.79 Å². The summed E-state index contributed by atoms with van der Waals surface area (Å²) in [7, 11) is 0. The first kappa shape index (κ1) is 13.5. The van der Waals surface area contributed by atoms with Crippen molar-refractivity contribution in [2.24, 2.45) is 11.7 Å². The molecule has 1 fully saturated rings. The number of nitrogens with two attached hydrogens (primary N) is 1. The maximum atomic E-state index is 12.1. The summed E-state index contributed by atoms with van der Waals surface area (Å²) < 4.78 is 0. The average Bonchev–Trinajstić information content (AvgIpc) is 2.72. The van der Waals surface area contributed by atoms with Crippen LogP contribution in [0.25, 0.3) is 0 Å². The second-order valence-corrected chi connectivity index (χ2v) is 4.96. The maximum absolute atomic E-state index is 12.1. The lowest BCUT2D eigenvalue weighted by molar-refractivity contribution is -0.134. The number of likely N-dealkylation sites (tertiary alicyclic amines) is 1. The lowest BCUT2D eigenvalue weighted by atomic mass is 10.0. The fourth-order valence-corrected chi connectivity index (χ4v) is 2.23. The highest BCUT2D eigenvalue weighted by molar-refractivity contribution is 5.82. The molecule has 2 unspecified atom stereocenters. The summed E-state index contributed by atoms with van der Waals surface area (Å²) in [6, 6.07) is -0.0841. The van der Waals surface area contributed by atoms with Gasteiger partial charge in [0.15, 0.2) is 0 Å². The van der Waals surface area contributed by atoms with Gasteiger partial charge in [0.05, 0.1) is 6.04 Å². The average molecular weight is 228 g/mol. The molecule has 3 N–H and O–H groups in total.